The minimum atomic E-state index is -0.609. The van der Waals surface area contributed by atoms with Crippen molar-refractivity contribution in [1.82, 2.24) is 15.2 Å². The Morgan fingerprint density at radius 1 is 1.07 bits per heavy atom. The van der Waals surface area contributed by atoms with Crippen LogP contribution in [0.3, 0.4) is 0 Å². The Morgan fingerprint density at radius 3 is 2.27 bits per heavy atom. The van der Waals surface area contributed by atoms with Crippen molar-refractivity contribution in [1.29, 1.82) is 0 Å². The van der Waals surface area contributed by atoms with E-state index in [-0.39, 0.29) is 23.4 Å². The number of rotatable bonds is 6. The number of benzene rings is 1. The number of nitrogens with zero attached hydrogens (tertiary/aromatic N) is 4. The highest BCUT2D eigenvalue weighted by molar-refractivity contribution is 5.97. The van der Waals surface area contributed by atoms with E-state index >= 15 is 0 Å². The number of pyridine rings is 1. The van der Waals surface area contributed by atoms with Crippen molar-refractivity contribution in [2.75, 3.05) is 31.1 Å². The minimum absolute atomic E-state index is 0.0542. The lowest BCUT2D eigenvalue weighted by Crippen LogP contribution is -2.56. The zero-order valence-electron chi connectivity index (χ0n) is 17.0. The average molecular weight is 411 g/mol. The summed E-state index contributed by atoms with van der Waals surface area (Å²) >= 11 is 0. The third kappa shape index (κ3) is 4.91. The van der Waals surface area contributed by atoms with Crippen LogP contribution in [0, 0.1) is 16.0 Å². The molecular formula is C21H25N5O4. The summed E-state index contributed by atoms with van der Waals surface area (Å²) in [6.45, 7) is 5.92. The predicted octanol–water partition coefficient (Wildman–Crippen LogP) is 2.09. The summed E-state index contributed by atoms with van der Waals surface area (Å²) in [7, 11) is 0. The summed E-state index contributed by atoms with van der Waals surface area (Å²) in [5, 5.41) is 13.6. The molecule has 0 saturated carbocycles. The van der Waals surface area contributed by atoms with Crippen LogP contribution >= 0.6 is 0 Å². The third-order valence-corrected chi connectivity index (χ3v) is 5.11. The van der Waals surface area contributed by atoms with Crippen LogP contribution in [-0.2, 0) is 4.79 Å². The molecule has 9 nitrogen and oxygen atoms in total. The van der Waals surface area contributed by atoms with Gasteiger partial charge in [0.1, 0.15) is 18.1 Å². The average Bonchev–Trinajstić information content (AvgIpc) is 2.77. The van der Waals surface area contributed by atoms with Crippen LogP contribution in [0.4, 0.5) is 11.5 Å². The molecular weight excluding hydrogens is 386 g/mol. The van der Waals surface area contributed by atoms with Gasteiger partial charge in [-0.25, -0.2) is 4.98 Å². The third-order valence-electron chi connectivity index (χ3n) is 5.11. The Bertz CT molecular complexity index is 893. The van der Waals surface area contributed by atoms with E-state index < -0.39 is 11.0 Å². The quantitative estimate of drug-likeness (QED) is 0.576. The molecule has 1 aromatic heterocycles. The van der Waals surface area contributed by atoms with E-state index in [4.69, 9.17) is 0 Å². The molecule has 30 heavy (non-hydrogen) atoms. The molecule has 1 aliphatic rings. The molecule has 9 heteroatoms. The first-order chi connectivity index (χ1) is 14.4. The fourth-order valence-electron chi connectivity index (χ4n) is 3.35. The van der Waals surface area contributed by atoms with Gasteiger partial charge in [0.15, 0.2) is 0 Å². The van der Waals surface area contributed by atoms with E-state index in [0.717, 1.165) is 0 Å². The number of aromatic nitrogens is 1. The first kappa shape index (κ1) is 21.2. The van der Waals surface area contributed by atoms with Crippen molar-refractivity contribution >= 4 is 23.3 Å². The zero-order chi connectivity index (χ0) is 21.7. The van der Waals surface area contributed by atoms with E-state index in [1.165, 1.54) is 12.3 Å². The molecule has 1 fully saturated rings. The number of carbonyl (C=O) groups excluding carboxylic acids is 2. The first-order valence-electron chi connectivity index (χ1n) is 9.87. The van der Waals surface area contributed by atoms with Gasteiger partial charge in [-0.2, -0.15) is 0 Å². The van der Waals surface area contributed by atoms with Crippen LogP contribution in [0.25, 0.3) is 0 Å². The smallest absolute Gasteiger partial charge is 0.287 e. The van der Waals surface area contributed by atoms with Crippen LogP contribution in [0.5, 0.6) is 0 Å². The molecule has 0 radical (unpaired) electrons. The second-order valence-electron chi connectivity index (χ2n) is 7.51. The maximum atomic E-state index is 13.1. The van der Waals surface area contributed by atoms with Gasteiger partial charge in [0, 0.05) is 37.8 Å². The molecule has 158 valence electrons. The van der Waals surface area contributed by atoms with Crippen LogP contribution in [0.15, 0.2) is 48.7 Å². The molecule has 2 aromatic rings. The standard InChI is InChI=1S/C21H25N5O4/c1-15(2)19(23-20(27)16-6-4-3-5-7-16)21(28)25-12-10-24(11-13-25)18-9-8-17(14-22-18)26(29)30/h3-9,14-15,19H,10-13H2,1-2H3,(H,23,27). The first-order valence-corrected chi connectivity index (χ1v) is 9.87. The predicted molar refractivity (Wildman–Crippen MR) is 112 cm³/mol. The summed E-state index contributed by atoms with van der Waals surface area (Å²) in [6.07, 6.45) is 1.24. The van der Waals surface area contributed by atoms with Crippen molar-refractivity contribution in [2.45, 2.75) is 19.9 Å². The second kappa shape index (κ2) is 9.34. The van der Waals surface area contributed by atoms with Gasteiger partial charge in [-0.15, -0.1) is 0 Å². The zero-order valence-corrected chi connectivity index (χ0v) is 17.0. The van der Waals surface area contributed by atoms with Crippen LogP contribution in [0.1, 0.15) is 24.2 Å². The highest BCUT2D eigenvalue weighted by Gasteiger charge is 2.31. The molecule has 1 unspecified atom stereocenters. The highest BCUT2D eigenvalue weighted by Crippen LogP contribution is 2.18. The van der Waals surface area contributed by atoms with E-state index in [1.807, 2.05) is 24.8 Å². The van der Waals surface area contributed by atoms with Crippen LogP contribution in [0.2, 0.25) is 0 Å². The maximum Gasteiger partial charge on any atom is 0.287 e. The molecule has 0 spiro atoms. The van der Waals surface area contributed by atoms with Gasteiger partial charge in [0.05, 0.1) is 4.92 Å². The summed E-state index contributed by atoms with van der Waals surface area (Å²) in [4.78, 5) is 43.8. The van der Waals surface area contributed by atoms with Crippen LogP contribution < -0.4 is 10.2 Å². The Labute approximate surface area is 174 Å². The van der Waals surface area contributed by atoms with Crippen molar-refractivity contribution in [3.05, 3.63) is 64.3 Å². The van der Waals surface area contributed by atoms with Crippen molar-refractivity contribution in [3.63, 3.8) is 0 Å². The molecule has 0 bridgehead atoms. The number of hydrogen-bond acceptors (Lipinski definition) is 6. The Hall–Kier alpha value is -3.49. The highest BCUT2D eigenvalue weighted by atomic mass is 16.6. The summed E-state index contributed by atoms with van der Waals surface area (Å²) in [6, 6.07) is 11.3. The van der Waals surface area contributed by atoms with Gasteiger partial charge in [-0.1, -0.05) is 32.0 Å². The van der Waals surface area contributed by atoms with Crippen molar-refractivity contribution < 1.29 is 14.5 Å². The van der Waals surface area contributed by atoms with Gasteiger partial charge < -0.3 is 15.1 Å². The molecule has 2 amide bonds. The normalized spacial score (nSPS) is 15.0. The van der Waals surface area contributed by atoms with Crippen molar-refractivity contribution in [3.8, 4) is 0 Å². The van der Waals surface area contributed by atoms with E-state index in [9.17, 15) is 19.7 Å². The number of hydrogen-bond donors (Lipinski definition) is 1. The fraction of sp³-hybridized carbons (Fsp3) is 0.381. The summed E-state index contributed by atoms with van der Waals surface area (Å²) in [5.74, 6) is 0.215. The SMILES string of the molecule is CC(C)C(NC(=O)c1ccccc1)C(=O)N1CCN(c2ccc([N+](=O)[O-])cn2)CC1. The lowest BCUT2D eigenvalue weighted by molar-refractivity contribution is -0.385. The van der Waals surface area contributed by atoms with Gasteiger partial charge in [0.2, 0.25) is 5.91 Å². The number of carbonyl (C=O) groups is 2. The minimum Gasteiger partial charge on any atom is -0.353 e. The Morgan fingerprint density at radius 2 is 1.73 bits per heavy atom. The van der Waals surface area contributed by atoms with E-state index in [1.54, 1.807) is 35.2 Å². The lowest BCUT2D eigenvalue weighted by atomic mass is 10.0. The van der Waals surface area contributed by atoms with E-state index in [0.29, 0.717) is 37.6 Å². The van der Waals surface area contributed by atoms with E-state index in [2.05, 4.69) is 10.3 Å². The molecule has 3 rings (SSSR count). The van der Waals surface area contributed by atoms with Gasteiger partial charge in [-0.05, 0) is 24.1 Å². The summed E-state index contributed by atoms with van der Waals surface area (Å²) in [5.41, 5.74) is 0.464. The van der Waals surface area contributed by atoms with Gasteiger partial charge in [-0.3, -0.25) is 19.7 Å². The molecule has 1 atom stereocenters. The largest absolute Gasteiger partial charge is 0.353 e. The molecule has 0 aliphatic carbocycles. The van der Waals surface area contributed by atoms with Crippen LogP contribution in [-0.4, -0.2) is 58.8 Å². The number of nitrogens with one attached hydrogen (secondary N) is 1. The maximum absolute atomic E-state index is 13.1. The van der Waals surface area contributed by atoms with Crippen molar-refractivity contribution in [2.24, 2.45) is 5.92 Å². The molecule has 2 heterocycles. The molecule has 1 N–H and O–H groups in total. The molecule has 1 aromatic carbocycles. The number of piperazine rings is 1. The summed E-state index contributed by atoms with van der Waals surface area (Å²) < 4.78 is 0. The Balaban J connectivity index is 1.60. The van der Waals surface area contributed by atoms with Gasteiger partial charge in [0.25, 0.3) is 11.6 Å². The number of amides is 2. The monoisotopic (exact) mass is 411 g/mol. The lowest BCUT2D eigenvalue weighted by Gasteiger charge is -2.37. The fourth-order valence-corrected chi connectivity index (χ4v) is 3.35. The number of anilines is 1. The molecule has 1 aliphatic heterocycles. The topological polar surface area (TPSA) is 109 Å². The second-order valence-corrected chi connectivity index (χ2v) is 7.51. The molecule has 1 saturated heterocycles. The number of nitro groups is 1. The van der Waals surface area contributed by atoms with Gasteiger partial charge >= 0.3 is 0 Å². The Kier molecular flexibility index (Phi) is 6.61.